The van der Waals surface area contributed by atoms with Crippen molar-refractivity contribution in [2.24, 2.45) is 10.8 Å². The first-order valence-electron chi connectivity index (χ1n) is 8.79. The van der Waals surface area contributed by atoms with Gasteiger partial charge in [-0.3, -0.25) is 14.6 Å². The zero-order valence-electron chi connectivity index (χ0n) is 14.0. The second kappa shape index (κ2) is 6.48. The van der Waals surface area contributed by atoms with Crippen LogP contribution in [-0.2, 0) is 14.3 Å². The van der Waals surface area contributed by atoms with Gasteiger partial charge in [0.1, 0.15) is 11.8 Å². The van der Waals surface area contributed by atoms with Crippen LogP contribution in [0, 0.1) is 0 Å². The molecule has 1 aromatic carbocycles. The van der Waals surface area contributed by atoms with Crippen LogP contribution in [0.3, 0.4) is 0 Å². The second-order valence-electron chi connectivity index (χ2n) is 6.76. The highest BCUT2D eigenvalue weighted by atomic mass is 16.5. The summed E-state index contributed by atoms with van der Waals surface area (Å²) in [5.41, 5.74) is 6.72. The standard InChI is InChI=1S/C18H22N4O3/c19-17(23)15-11-13(20-22(15)12-5-2-1-3-6-12)18(24)21-9-10-25-16-8-4-7-14(16)21/h1-3,5-6,14-16H,4,7-11H2,(H2,19,23)/t14-,15+,16-/m1/s1. The van der Waals surface area contributed by atoms with Gasteiger partial charge in [0.2, 0.25) is 5.91 Å². The van der Waals surface area contributed by atoms with E-state index in [-0.39, 0.29) is 24.5 Å². The van der Waals surface area contributed by atoms with Crippen LogP contribution in [0.4, 0.5) is 5.69 Å². The molecule has 1 saturated carbocycles. The molecule has 1 aliphatic carbocycles. The van der Waals surface area contributed by atoms with Gasteiger partial charge in [-0.2, -0.15) is 5.10 Å². The number of carbonyl (C=O) groups is 2. The number of para-hydroxylation sites is 1. The van der Waals surface area contributed by atoms with E-state index in [0.29, 0.717) is 18.9 Å². The van der Waals surface area contributed by atoms with Gasteiger partial charge in [0.15, 0.2) is 0 Å². The number of ether oxygens (including phenoxy) is 1. The quantitative estimate of drug-likeness (QED) is 0.883. The number of amides is 2. The molecule has 0 spiro atoms. The van der Waals surface area contributed by atoms with Gasteiger partial charge < -0.3 is 15.4 Å². The number of rotatable bonds is 3. The molecule has 2 N–H and O–H groups in total. The van der Waals surface area contributed by atoms with Crippen molar-refractivity contribution in [3.63, 3.8) is 0 Å². The fourth-order valence-corrected chi connectivity index (χ4v) is 4.02. The van der Waals surface area contributed by atoms with Crippen LogP contribution in [-0.4, -0.2) is 53.8 Å². The summed E-state index contributed by atoms with van der Waals surface area (Å²) in [5, 5.41) is 6.04. The Morgan fingerprint density at radius 2 is 2.00 bits per heavy atom. The van der Waals surface area contributed by atoms with Crippen molar-refractivity contribution >= 4 is 23.2 Å². The zero-order chi connectivity index (χ0) is 17.4. The topological polar surface area (TPSA) is 88.2 Å². The molecule has 7 heteroatoms. The lowest BCUT2D eigenvalue weighted by atomic mass is 10.1. The third-order valence-corrected chi connectivity index (χ3v) is 5.25. The lowest BCUT2D eigenvalue weighted by molar-refractivity contribution is -0.136. The normalized spacial score (nSPS) is 28.6. The molecule has 3 atom stereocenters. The predicted octanol–water partition coefficient (Wildman–Crippen LogP) is 0.887. The Kier molecular flexibility index (Phi) is 4.17. The number of primary amides is 1. The van der Waals surface area contributed by atoms with Crippen molar-refractivity contribution in [1.82, 2.24) is 4.90 Å². The van der Waals surface area contributed by atoms with E-state index in [1.54, 1.807) is 5.01 Å². The molecule has 0 aromatic heterocycles. The third kappa shape index (κ3) is 2.89. The van der Waals surface area contributed by atoms with E-state index >= 15 is 0 Å². The molecular formula is C18H22N4O3. The highest BCUT2D eigenvalue weighted by Gasteiger charge is 2.42. The molecule has 0 bridgehead atoms. The smallest absolute Gasteiger partial charge is 0.270 e. The summed E-state index contributed by atoms with van der Waals surface area (Å²) in [7, 11) is 0. The maximum Gasteiger partial charge on any atom is 0.270 e. The Morgan fingerprint density at radius 3 is 2.76 bits per heavy atom. The number of hydrogen-bond donors (Lipinski definition) is 1. The predicted molar refractivity (Wildman–Crippen MR) is 93.0 cm³/mol. The summed E-state index contributed by atoms with van der Waals surface area (Å²) < 4.78 is 5.78. The maximum atomic E-state index is 13.0. The van der Waals surface area contributed by atoms with Crippen LogP contribution >= 0.6 is 0 Å². The van der Waals surface area contributed by atoms with E-state index < -0.39 is 11.9 Å². The van der Waals surface area contributed by atoms with Gasteiger partial charge in [0.25, 0.3) is 5.91 Å². The largest absolute Gasteiger partial charge is 0.374 e. The molecule has 25 heavy (non-hydrogen) atoms. The molecule has 2 heterocycles. The summed E-state index contributed by atoms with van der Waals surface area (Å²) >= 11 is 0. The Hall–Kier alpha value is -2.41. The molecule has 0 unspecified atom stereocenters. The lowest BCUT2D eigenvalue weighted by Gasteiger charge is -2.37. The Morgan fingerprint density at radius 1 is 1.20 bits per heavy atom. The van der Waals surface area contributed by atoms with Crippen LogP contribution in [0.15, 0.2) is 35.4 Å². The monoisotopic (exact) mass is 342 g/mol. The van der Waals surface area contributed by atoms with Crippen LogP contribution in [0.1, 0.15) is 25.7 Å². The summed E-state index contributed by atoms with van der Waals surface area (Å²) in [6, 6.07) is 8.84. The summed E-state index contributed by atoms with van der Waals surface area (Å²) in [6.45, 7) is 1.13. The first-order chi connectivity index (χ1) is 12.1. The summed E-state index contributed by atoms with van der Waals surface area (Å²) in [4.78, 5) is 26.8. The van der Waals surface area contributed by atoms with Crippen LogP contribution in [0.5, 0.6) is 0 Å². The van der Waals surface area contributed by atoms with Crippen molar-refractivity contribution in [3.8, 4) is 0 Å². The van der Waals surface area contributed by atoms with Gasteiger partial charge in [-0.25, -0.2) is 0 Å². The first-order valence-corrected chi connectivity index (χ1v) is 8.79. The van der Waals surface area contributed by atoms with Crippen LogP contribution in [0.25, 0.3) is 0 Å². The van der Waals surface area contributed by atoms with Gasteiger partial charge >= 0.3 is 0 Å². The van der Waals surface area contributed by atoms with Crippen molar-refractivity contribution in [3.05, 3.63) is 30.3 Å². The van der Waals surface area contributed by atoms with E-state index in [1.807, 2.05) is 35.2 Å². The molecule has 4 rings (SSSR count). The minimum atomic E-state index is -0.623. The minimum absolute atomic E-state index is 0.0927. The van der Waals surface area contributed by atoms with Crippen LogP contribution in [0.2, 0.25) is 0 Å². The number of benzene rings is 1. The van der Waals surface area contributed by atoms with Gasteiger partial charge in [0, 0.05) is 13.0 Å². The molecular weight excluding hydrogens is 320 g/mol. The number of morpholine rings is 1. The van der Waals surface area contributed by atoms with Gasteiger partial charge in [-0.1, -0.05) is 18.2 Å². The molecule has 0 radical (unpaired) electrons. The Bertz CT molecular complexity index is 706. The molecule has 2 fully saturated rings. The number of hydrogen-bond acceptors (Lipinski definition) is 5. The Labute approximate surface area is 146 Å². The van der Waals surface area contributed by atoms with Crippen molar-refractivity contribution in [2.45, 2.75) is 43.9 Å². The number of hydrazone groups is 1. The van der Waals surface area contributed by atoms with Gasteiger partial charge in [-0.15, -0.1) is 0 Å². The van der Waals surface area contributed by atoms with E-state index in [9.17, 15) is 9.59 Å². The van der Waals surface area contributed by atoms with E-state index in [0.717, 1.165) is 24.9 Å². The van der Waals surface area contributed by atoms with Crippen LogP contribution < -0.4 is 10.7 Å². The highest BCUT2D eigenvalue weighted by molar-refractivity contribution is 6.40. The number of carbonyl (C=O) groups excluding carboxylic acids is 2. The lowest BCUT2D eigenvalue weighted by Crippen LogP contribution is -2.53. The van der Waals surface area contributed by atoms with Crippen molar-refractivity contribution in [2.75, 3.05) is 18.2 Å². The van der Waals surface area contributed by atoms with E-state index in [2.05, 4.69) is 5.10 Å². The zero-order valence-corrected chi connectivity index (χ0v) is 14.0. The first kappa shape index (κ1) is 16.1. The summed E-state index contributed by atoms with van der Waals surface area (Å²) in [6.07, 6.45) is 3.42. The number of nitrogens with zero attached hydrogens (tertiary/aromatic N) is 3. The number of fused-ring (bicyclic) bond motifs is 1. The third-order valence-electron chi connectivity index (χ3n) is 5.25. The van der Waals surface area contributed by atoms with Gasteiger partial charge in [-0.05, 0) is 31.4 Å². The molecule has 2 amide bonds. The molecule has 132 valence electrons. The molecule has 1 aromatic rings. The number of nitrogens with two attached hydrogens (primary N) is 1. The molecule has 7 nitrogen and oxygen atoms in total. The fourth-order valence-electron chi connectivity index (χ4n) is 4.02. The molecule has 1 saturated heterocycles. The average molecular weight is 342 g/mol. The Balaban J connectivity index is 1.59. The fraction of sp³-hybridized carbons (Fsp3) is 0.500. The minimum Gasteiger partial charge on any atom is -0.374 e. The van der Waals surface area contributed by atoms with Crippen molar-refractivity contribution in [1.29, 1.82) is 0 Å². The molecule has 2 aliphatic heterocycles. The van der Waals surface area contributed by atoms with E-state index in [4.69, 9.17) is 10.5 Å². The molecule has 3 aliphatic rings. The number of anilines is 1. The van der Waals surface area contributed by atoms with Gasteiger partial charge in [0.05, 0.1) is 24.4 Å². The SMILES string of the molecule is NC(=O)[C@@H]1CC(C(=O)N2CCO[C@@H]3CCC[C@H]32)=NN1c1ccccc1. The van der Waals surface area contributed by atoms with E-state index in [1.165, 1.54) is 0 Å². The second-order valence-corrected chi connectivity index (χ2v) is 6.76. The average Bonchev–Trinajstić information content (AvgIpc) is 3.28. The van der Waals surface area contributed by atoms with Crippen molar-refractivity contribution < 1.29 is 14.3 Å². The highest BCUT2D eigenvalue weighted by Crippen LogP contribution is 2.31. The summed E-state index contributed by atoms with van der Waals surface area (Å²) in [5.74, 6) is -0.569. The maximum absolute atomic E-state index is 13.0.